The third kappa shape index (κ3) is 4.12. The largest absolute Gasteiger partial charge is 0.267 e. The first-order chi connectivity index (χ1) is 13.0. The Morgan fingerprint density at radius 2 is 1.89 bits per heavy atom. The molecule has 0 bridgehead atoms. The van der Waals surface area contributed by atoms with Gasteiger partial charge in [0.2, 0.25) is 10.0 Å². The van der Waals surface area contributed by atoms with Crippen LogP contribution in [0.1, 0.15) is 24.5 Å². The van der Waals surface area contributed by atoms with E-state index in [-0.39, 0.29) is 11.4 Å². The zero-order valence-corrected chi connectivity index (χ0v) is 16.9. The zero-order valence-electron chi connectivity index (χ0n) is 14.5. The van der Waals surface area contributed by atoms with E-state index in [1.165, 1.54) is 5.69 Å². The first kappa shape index (κ1) is 18.3. The molecule has 140 valence electrons. The Labute approximate surface area is 166 Å². The number of nitrogens with zero attached hydrogens (tertiary/aromatic N) is 3. The quantitative estimate of drug-likeness (QED) is 0.601. The van der Waals surface area contributed by atoms with Crippen LogP contribution in [-0.4, -0.2) is 29.7 Å². The van der Waals surface area contributed by atoms with Crippen LogP contribution >= 0.6 is 15.9 Å². The van der Waals surface area contributed by atoms with Gasteiger partial charge in [-0.1, -0.05) is 12.1 Å². The topological polar surface area (TPSA) is 76.9 Å². The number of rotatable bonds is 7. The van der Waals surface area contributed by atoms with E-state index in [2.05, 4.69) is 31.7 Å². The second-order valence-corrected chi connectivity index (χ2v) is 9.11. The highest BCUT2D eigenvalue weighted by Gasteiger charge is 2.28. The molecular formula is C19H19BrN4O2S. The molecule has 4 rings (SSSR count). The molecule has 0 atom stereocenters. The van der Waals surface area contributed by atoms with Gasteiger partial charge in [-0.2, -0.15) is 5.10 Å². The molecule has 0 spiro atoms. The van der Waals surface area contributed by atoms with Crippen molar-refractivity contribution in [3.05, 3.63) is 65.0 Å². The fraction of sp³-hybridized carbons (Fsp3) is 0.263. The van der Waals surface area contributed by atoms with E-state index in [0.717, 1.165) is 24.1 Å². The highest BCUT2D eigenvalue weighted by molar-refractivity contribution is 9.10. The van der Waals surface area contributed by atoms with E-state index in [4.69, 9.17) is 5.10 Å². The average Bonchev–Trinajstić information content (AvgIpc) is 3.43. The molecule has 6 nitrogen and oxygen atoms in total. The molecule has 2 heterocycles. The maximum Gasteiger partial charge on any atom is 0.241 e. The monoisotopic (exact) mass is 446 g/mol. The lowest BCUT2D eigenvalue weighted by Crippen LogP contribution is -2.28. The van der Waals surface area contributed by atoms with Gasteiger partial charge < -0.3 is 0 Å². The number of halogens is 1. The highest BCUT2D eigenvalue weighted by Crippen LogP contribution is 2.41. The molecule has 0 radical (unpaired) electrons. The summed E-state index contributed by atoms with van der Waals surface area (Å²) in [7, 11) is -3.57. The summed E-state index contributed by atoms with van der Waals surface area (Å²) in [6.45, 7) is 0.765. The SMILES string of the molecule is O=S(=O)(NCCn1nc(-c2ccncc2)cc1C1CC1)c1ccccc1Br. The molecule has 8 heteroatoms. The Kier molecular flexibility index (Phi) is 5.12. The Bertz CT molecular complexity index is 1050. The summed E-state index contributed by atoms with van der Waals surface area (Å²) in [5, 5.41) is 4.70. The van der Waals surface area contributed by atoms with Crippen LogP contribution < -0.4 is 4.72 Å². The second-order valence-electron chi connectivity index (χ2n) is 6.52. The fourth-order valence-corrected chi connectivity index (χ4v) is 5.03. The van der Waals surface area contributed by atoms with Gasteiger partial charge in [0.1, 0.15) is 0 Å². The van der Waals surface area contributed by atoms with Gasteiger partial charge in [-0.25, -0.2) is 13.1 Å². The van der Waals surface area contributed by atoms with Crippen LogP contribution in [0.4, 0.5) is 0 Å². The molecule has 0 amide bonds. The summed E-state index contributed by atoms with van der Waals surface area (Å²) in [4.78, 5) is 4.29. The molecule has 0 unspecified atom stereocenters. The third-order valence-electron chi connectivity index (χ3n) is 4.52. The van der Waals surface area contributed by atoms with E-state index in [1.807, 2.05) is 16.8 Å². The van der Waals surface area contributed by atoms with Crippen LogP contribution in [-0.2, 0) is 16.6 Å². The van der Waals surface area contributed by atoms with Gasteiger partial charge >= 0.3 is 0 Å². The molecule has 3 aromatic rings. The molecule has 1 aliphatic carbocycles. The normalized spacial score (nSPS) is 14.4. The van der Waals surface area contributed by atoms with E-state index >= 15 is 0 Å². The van der Waals surface area contributed by atoms with Crippen LogP contribution in [0.25, 0.3) is 11.3 Å². The predicted molar refractivity (Wildman–Crippen MR) is 107 cm³/mol. The van der Waals surface area contributed by atoms with Gasteiger partial charge in [0.05, 0.1) is 17.1 Å². The lowest BCUT2D eigenvalue weighted by atomic mass is 10.2. The van der Waals surface area contributed by atoms with E-state index in [1.54, 1.807) is 36.7 Å². The van der Waals surface area contributed by atoms with Gasteiger partial charge in [-0.3, -0.25) is 9.67 Å². The Balaban J connectivity index is 1.50. The van der Waals surface area contributed by atoms with Crippen LogP contribution in [0.5, 0.6) is 0 Å². The summed E-state index contributed by atoms with van der Waals surface area (Å²) in [5.41, 5.74) is 3.08. The van der Waals surface area contributed by atoms with Crippen molar-refractivity contribution >= 4 is 26.0 Å². The Hall–Kier alpha value is -2.03. The van der Waals surface area contributed by atoms with Crippen molar-refractivity contribution in [3.8, 4) is 11.3 Å². The second kappa shape index (κ2) is 7.53. The number of pyridine rings is 1. The third-order valence-corrected chi connectivity index (χ3v) is 7.00. The standard InChI is InChI=1S/C19H19BrN4O2S/c20-16-3-1-2-4-19(16)27(25,26)22-11-12-24-18(15-5-6-15)13-17(23-24)14-7-9-21-10-8-14/h1-4,7-10,13,15,22H,5-6,11-12H2. The van der Waals surface area contributed by atoms with Crippen molar-refractivity contribution in [2.45, 2.75) is 30.2 Å². The van der Waals surface area contributed by atoms with Crippen molar-refractivity contribution in [3.63, 3.8) is 0 Å². The van der Waals surface area contributed by atoms with Crippen LogP contribution in [0.3, 0.4) is 0 Å². The van der Waals surface area contributed by atoms with Gasteiger partial charge in [0.15, 0.2) is 0 Å². The first-order valence-electron chi connectivity index (χ1n) is 8.77. The van der Waals surface area contributed by atoms with E-state index in [9.17, 15) is 8.42 Å². The molecule has 1 aromatic carbocycles. The minimum atomic E-state index is -3.57. The molecule has 1 aliphatic rings. The molecule has 0 saturated heterocycles. The van der Waals surface area contributed by atoms with E-state index in [0.29, 0.717) is 16.9 Å². The van der Waals surface area contributed by atoms with Crippen LogP contribution in [0.15, 0.2) is 64.2 Å². The molecule has 0 aliphatic heterocycles. The summed E-state index contributed by atoms with van der Waals surface area (Å²) in [5.74, 6) is 0.521. The maximum absolute atomic E-state index is 12.5. The summed E-state index contributed by atoms with van der Waals surface area (Å²) in [6, 6.07) is 12.8. The lowest BCUT2D eigenvalue weighted by Gasteiger charge is -2.10. The summed E-state index contributed by atoms with van der Waals surface area (Å²) >= 11 is 3.30. The average molecular weight is 447 g/mol. The number of nitrogens with one attached hydrogen (secondary N) is 1. The van der Waals surface area contributed by atoms with E-state index < -0.39 is 10.0 Å². The first-order valence-corrected chi connectivity index (χ1v) is 11.0. The van der Waals surface area contributed by atoms with Gasteiger partial charge in [0.25, 0.3) is 0 Å². The molecule has 1 saturated carbocycles. The van der Waals surface area contributed by atoms with Crippen molar-refractivity contribution in [1.29, 1.82) is 0 Å². The zero-order chi connectivity index (χ0) is 18.9. The van der Waals surface area contributed by atoms with Gasteiger partial charge in [-0.05, 0) is 59.1 Å². The molecule has 1 N–H and O–H groups in total. The number of sulfonamides is 1. The lowest BCUT2D eigenvalue weighted by molar-refractivity contribution is 0.551. The van der Waals surface area contributed by atoms with Crippen LogP contribution in [0, 0.1) is 0 Å². The van der Waals surface area contributed by atoms with Crippen molar-refractivity contribution < 1.29 is 8.42 Å². The number of hydrogen-bond acceptors (Lipinski definition) is 4. The molecule has 27 heavy (non-hydrogen) atoms. The summed E-state index contributed by atoms with van der Waals surface area (Å²) in [6.07, 6.45) is 5.81. The smallest absolute Gasteiger partial charge is 0.241 e. The Morgan fingerprint density at radius 3 is 2.59 bits per heavy atom. The number of benzene rings is 1. The Morgan fingerprint density at radius 1 is 1.15 bits per heavy atom. The van der Waals surface area contributed by atoms with Crippen molar-refractivity contribution in [2.75, 3.05) is 6.54 Å². The van der Waals surface area contributed by atoms with Gasteiger partial charge in [0, 0.05) is 40.6 Å². The molecule has 2 aromatic heterocycles. The molecular weight excluding hydrogens is 428 g/mol. The number of hydrogen-bond donors (Lipinski definition) is 1. The minimum Gasteiger partial charge on any atom is -0.267 e. The summed E-state index contributed by atoms with van der Waals surface area (Å²) < 4.78 is 30.2. The maximum atomic E-state index is 12.5. The van der Waals surface area contributed by atoms with Crippen molar-refractivity contribution in [2.24, 2.45) is 0 Å². The van der Waals surface area contributed by atoms with Gasteiger partial charge in [-0.15, -0.1) is 0 Å². The minimum absolute atomic E-state index is 0.241. The predicted octanol–water partition coefficient (Wildman–Crippen LogP) is 3.56. The number of aromatic nitrogens is 3. The fourth-order valence-electron chi connectivity index (χ4n) is 3.01. The van der Waals surface area contributed by atoms with Crippen molar-refractivity contribution in [1.82, 2.24) is 19.5 Å². The van der Waals surface area contributed by atoms with Crippen LogP contribution in [0.2, 0.25) is 0 Å². The highest BCUT2D eigenvalue weighted by atomic mass is 79.9. The molecule has 1 fully saturated rings.